The summed E-state index contributed by atoms with van der Waals surface area (Å²) in [5.41, 5.74) is 1.26. The summed E-state index contributed by atoms with van der Waals surface area (Å²) in [6, 6.07) is 9.08. The van der Waals surface area contributed by atoms with Crippen LogP contribution in [-0.4, -0.2) is 41.8 Å². The minimum atomic E-state index is -0.662. The summed E-state index contributed by atoms with van der Waals surface area (Å²) in [7, 11) is 0. The fraction of sp³-hybridized carbons (Fsp3) is 0.261. The molecule has 1 aliphatic heterocycles. The number of imide groups is 1. The van der Waals surface area contributed by atoms with Gasteiger partial charge in [0, 0.05) is 0 Å². The van der Waals surface area contributed by atoms with E-state index in [9.17, 15) is 18.8 Å². The maximum Gasteiger partial charge on any atom is 0.326 e. The Morgan fingerprint density at radius 1 is 1.12 bits per heavy atom. The van der Waals surface area contributed by atoms with Gasteiger partial charge in [-0.2, -0.15) is 0 Å². The van der Waals surface area contributed by atoms with E-state index in [1.54, 1.807) is 38.1 Å². The van der Waals surface area contributed by atoms with Crippen LogP contribution in [0.2, 0.25) is 5.02 Å². The number of carbonyl (C=O) groups is 3. The van der Waals surface area contributed by atoms with E-state index in [0.29, 0.717) is 23.7 Å². The van der Waals surface area contributed by atoms with Gasteiger partial charge >= 0.3 is 5.97 Å². The van der Waals surface area contributed by atoms with Crippen molar-refractivity contribution in [1.29, 1.82) is 0 Å². The second kappa shape index (κ2) is 11.2. The van der Waals surface area contributed by atoms with Gasteiger partial charge < -0.3 is 14.2 Å². The lowest BCUT2D eigenvalue weighted by Gasteiger charge is -2.15. The first kappa shape index (κ1) is 24.6. The normalized spacial score (nSPS) is 14.7. The summed E-state index contributed by atoms with van der Waals surface area (Å²) in [5, 5.41) is -0.324. The Morgan fingerprint density at radius 3 is 2.52 bits per heavy atom. The molecule has 0 unspecified atom stereocenters. The molecule has 1 fully saturated rings. The van der Waals surface area contributed by atoms with E-state index < -0.39 is 23.7 Å². The van der Waals surface area contributed by atoms with E-state index in [-0.39, 0.29) is 29.0 Å². The number of rotatable bonds is 9. The Morgan fingerprint density at radius 2 is 1.85 bits per heavy atom. The number of carbonyl (C=O) groups excluding carboxylic acids is 3. The van der Waals surface area contributed by atoms with Crippen molar-refractivity contribution in [2.45, 2.75) is 20.5 Å². The van der Waals surface area contributed by atoms with Crippen LogP contribution in [0.1, 0.15) is 25.0 Å². The number of hydrogen-bond donors (Lipinski definition) is 0. The molecule has 3 rings (SSSR count). The fourth-order valence-electron chi connectivity index (χ4n) is 2.93. The predicted molar refractivity (Wildman–Crippen MR) is 123 cm³/mol. The molecule has 0 atom stereocenters. The summed E-state index contributed by atoms with van der Waals surface area (Å²) in [6.07, 6.45) is 1.49. The van der Waals surface area contributed by atoms with E-state index in [1.807, 2.05) is 0 Å². The minimum absolute atomic E-state index is 0.141. The summed E-state index contributed by atoms with van der Waals surface area (Å²) in [4.78, 5) is 37.4. The highest BCUT2D eigenvalue weighted by Gasteiger charge is 2.36. The third kappa shape index (κ3) is 6.27. The number of ether oxygens (including phenoxy) is 3. The van der Waals surface area contributed by atoms with Crippen molar-refractivity contribution < 1.29 is 33.0 Å². The lowest BCUT2D eigenvalue weighted by atomic mass is 10.1. The first-order valence-corrected chi connectivity index (χ1v) is 11.3. The molecule has 1 heterocycles. The van der Waals surface area contributed by atoms with Gasteiger partial charge in [-0.15, -0.1) is 0 Å². The van der Waals surface area contributed by atoms with Crippen LogP contribution in [0, 0.1) is 5.82 Å². The minimum Gasteiger partial charge on any atom is -0.490 e. The first-order valence-electron chi connectivity index (χ1n) is 10.1. The van der Waals surface area contributed by atoms with Crippen molar-refractivity contribution in [2.75, 3.05) is 19.8 Å². The molecule has 2 amide bonds. The monoisotopic (exact) mass is 493 g/mol. The van der Waals surface area contributed by atoms with Crippen LogP contribution in [-0.2, 0) is 20.9 Å². The molecule has 0 radical (unpaired) electrons. The molecule has 1 aliphatic rings. The summed E-state index contributed by atoms with van der Waals surface area (Å²) in [5.74, 6) is -0.948. The molecular weight excluding hydrogens is 473 g/mol. The SMILES string of the molecule is CCOC(=O)CN1C(=O)S/C(=C/c2cc(Cl)c(OCc3ccc(F)cc3)c(OCC)c2)C1=O. The molecule has 2 aromatic carbocycles. The fourth-order valence-corrected chi connectivity index (χ4v) is 4.05. The quantitative estimate of drug-likeness (QED) is 0.357. The highest BCUT2D eigenvalue weighted by Crippen LogP contribution is 2.39. The molecule has 10 heteroatoms. The number of esters is 1. The van der Waals surface area contributed by atoms with E-state index in [0.717, 1.165) is 22.2 Å². The summed E-state index contributed by atoms with van der Waals surface area (Å²) in [6.45, 7) is 3.62. The van der Waals surface area contributed by atoms with E-state index in [2.05, 4.69) is 0 Å². The Labute approximate surface area is 199 Å². The van der Waals surface area contributed by atoms with E-state index >= 15 is 0 Å². The molecule has 2 aromatic rings. The molecule has 0 N–H and O–H groups in total. The van der Waals surface area contributed by atoms with Crippen LogP contribution in [0.25, 0.3) is 6.08 Å². The molecule has 33 heavy (non-hydrogen) atoms. The lowest BCUT2D eigenvalue weighted by Crippen LogP contribution is -2.34. The van der Waals surface area contributed by atoms with Gasteiger partial charge in [0.1, 0.15) is 19.0 Å². The maximum atomic E-state index is 13.1. The predicted octanol–water partition coefficient (Wildman–Crippen LogP) is 5.06. The van der Waals surface area contributed by atoms with Crippen LogP contribution in [0.5, 0.6) is 11.5 Å². The number of amides is 2. The Balaban J connectivity index is 1.81. The Hall–Kier alpha value is -3.04. The standard InChI is InChI=1S/C23H21ClFNO6S/c1-3-30-18-10-15(9-17(24)21(18)32-13-14-5-7-16(25)8-6-14)11-19-22(28)26(23(29)33-19)12-20(27)31-4-2/h5-11H,3-4,12-13H2,1-2H3/b19-11+. The van der Waals surface area contributed by atoms with Gasteiger partial charge in [0.15, 0.2) is 11.5 Å². The molecule has 0 spiro atoms. The average molecular weight is 494 g/mol. The van der Waals surface area contributed by atoms with Crippen molar-refractivity contribution in [3.8, 4) is 11.5 Å². The van der Waals surface area contributed by atoms with Gasteiger partial charge in [-0.25, -0.2) is 4.39 Å². The number of benzene rings is 2. The second-order valence-corrected chi connectivity index (χ2v) is 8.15. The van der Waals surface area contributed by atoms with Gasteiger partial charge in [-0.05, 0) is 67.1 Å². The van der Waals surface area contributed by atoms with Crippen LogP contribution < -0.4 is 9.47 Å². The zero-order valence-electron chi connectivity index (χ0n) is 17.9. The van der Waals surface area contributed by atoms with Crippen molar-refractivity contribution in [2.24, 2.45) is 0 Å². The third-order valence-corrected chi connectivity index (χ3v) is 5.58. The van der Waals surface area contributed by atoms with Gasteiger partial charge in [-0.1, -0.05) is 23.7 Å². The maximum absolute atomic E-state index is 13.1. The molecule has 0 aliphatic carbocycles. The molecule has 0 saturated carbocycles. The topological polar surface area (TPSA) is 82.1 Å². The van der Waals surface area contributed by atoms with Crippen LogP contribution in [0.4, 0.5) is 9.18 Å². The number of halogens is 2. The van der Waals surface area contributed by atoms with Crippen molar-refractivity contribution in [1.82, 2.24) is 4.90 Å². The first-order chi connectivity index (χ1) is 15.8. The highest BCUT2D eigenvalue weighted by molar-refractivity contribution is 8.18. The Kier molecular flexibility index (Phi) is 8.35. The lowest BCUT2D eigenvalue weighted by molar-refractivity contribution is -0.145. The zero-order valence-corrected chi connectivity index (χ0v) is 19.5. The van der Waals surface area contributed by atoms with Crippen LogP contribution >= 0.6 is 23.4 Å². The Bertz CT molecular complexity index is 1090. The van der Waals surface area contributed by atoms with Crippen molar-refractivity contribution in [3.05, 3.63) is 63.3 Å². The van der Waals surface area contributed by atoms with E-state index in [4.69, 9.17) is 25.8 Å². The zero-order chi connectivity index (χ0) is 24.0. The molecule has 7 nitrogen and oxygen atoms in total. The van der Waals surface area contributed by atoms with Gasteiger partial charge in [0.2, 0.25) is 0 Å². The summed E-state index contributed by atoms with van der Waals surface area (Å²) < 4.78 is 29.4. The molecule has 0 aromatic heterocycles. The highest BCUT2D eigenvalue weighted by atomic mass is 35.5. The molecular formula is C23H21ClFNO6S. The van der Waals surface area contributed by atoms with Crippen molar-refractivity contribution >= 4 is 46.6 Å². The average Bonchev–Trinajstić information content (AvgIpc) is 3.02. The van der Waals surface area contributed by atoms with Gasteiger partial charge in [-0.3, -0.25) is 19.3 Å². The molecule has 1 saturated heterocycles. The largest absolute Gasteiger partial charge is 0.490 e. The third-order valence-electron chi connectivity index (χ3n) is 4.39. The van der Waals surface area contributed by atoms with Gasteiger partial charge in [0.05, 0.1) is 23.1 Å². The van der Waals surface area contributed by atoms with Crippen LogP contribution in [0.3, 0.4) is 0 Å². The number of nitrogens with zero attached hydrogens (tertiary/aromatic N) is 1. The van der Waals surface area contributed by atoms with Crippen LogP contribution in [0.15, 0.2) is 41.3 Å². The number of thioether (sulfide) groups is 1. The van der Waals surface area contributed by atoms with Crippen molar-refractivity contribution in [3.63, 3.8) is 0 Å². The van der Waals surface area contributed by atoms with E-state index in [1.165, 1.54) is 18.2 Å². The smallest absolute Gasteiger partial charge is 0.326 e. The molecule has 0 bridgehead atoms. The van der Waals surface area contributed by atoms with Gasteiger partial charge in [0.25, 0.3) is 11.1 Å². The molecule has 174 valence electrons. The summed E-state index contributed by atoms with van der Waals surface area (Å²) >= 11 is 7.14. The second-order valence-electron chi connectivity index (χ2n) is 6.75. The number of hydrogen-bond acceptors (Lipinski definition) is 7.